The van der Waals surface area contributed by atoms with Crippen molar-refractivity contribution in [3.63, 3.8) is 0 Å². The van der Waals surface area contributed by atoms with Crippen molar-refractivity contribution < 1.29 is 17.2 Å². The van der Waals surface area contributed by atoms with Gasteiger partial charge in [0.05, 0.1) is 0 Å². The van der Waals surface area contributed by atoms with Gasteiger partial charge in [-0.25, -0.2) is 0 Å². The van der Waals surface area contributed by atoms with E-state index >= 15 is 0 Å². The molecule has 1 rings (SSSR count). The van der Waals surface area contributed by atoms with Gasteiger partial charge >= 0.3 is 0 Å². The second-order valence-corrected chi connectivity index (χ2v) is 3.94. The molecule has 0 saturated heterocycles. The molecule has 0 spiro atoms. The Balaban J connectivity index is 0.00000144. The van der Waals surface area contributed by atoms with Gasteiger partial charge < -0.3 is 17.3 Å². The highest BCUT2D eigenvalue weighted by molar-refractivity contribution is 5.48. The zero-order valence-electron chi connectivity index (χ0n) is 8.50. The summed E-state index contributed by atoms with van der Waals surface area (Å²) in [7, 11) is 0. The third-order valence-corrected chi connectivity index (χ3v) is 2.71. The van der Waals surface area contributed by atoms with E-state index in [-0.39, 0.29) is 12.4 Å². The molecule has 1 fully saturated rings. The van der Waals surface area contributed by atoms with Gasteiger partial charge in [-0.1, -0.05) is 19.3 Å². The quantitative estimate of drug-likeness (QED) is 0.551. The Morgan fingerprint density at radius 3 is 2.15 bits per heavy atom. The van der Waals surface area contributed by atoms with Gasteiger partial charge in [0, 0.05) is 12.1 Å². The highest BCUT2D eigenvalue weighted by Crippen LogP contribution is 2.22. The maximum atomic E-state index is 10.8. The van der Waals surface area contributed by atoms with E-state index in [9.17, 15) is 4.79 Å². The molecule has 0 heterocycles. The first-order valence-electron chi connectivity index (χ1n) is 4.98. The summed E-state index contributed by atoms with van der Waals surface area (Å²) < 4.78 is 0. The summed E-state index contributed by atoms with van der Waals surface area (Å²) in [4.78, 5) is 12.7. The molecule has 0 aromatic heterocycles. The summed E-state index contributed by atoms with van der Waals surface area (Å²) in [5.74, 6) is 0. The molecule has 0 radical (unpaired) electrons. The first-order chi connectivity index (χ1) is 5.75. The van der Waals surface area contributed by atoms with Gasteiger partial charge in [-0.3, -0.25) is 4.79 Å². The summed E-state index contributed by atoms with van der Waals surface area (Å²) in [6.45, 7) is 4.17. The summed E-state index contributed by atoms with van der Waals surface area (Å²) in [6.07, 6.45) is 7.36. The minimum Gasteiger partial charge on any atom is -1.00 e. The van der Waals surface area contributed by atoms with Crippen LogP contribution in [0.5, 0.6) is 0 Å². The van der Waals surface area contributed by atoms with E-state index in [1.165, 1.54) is 32.1 Å². The van der Waals surface area contributed by atoms with Gasteiger partial charge in [0.25, 0.3) is 0 Å². The average molecular weight is 205 g/mol. The lowest BCUT2D eigenvalue weighted by atomic mass is 9.94. The van der Waals surface area contributed by atoms with Crippen LogP contribution in [-0.2, 0) is 4.79 Å². The third-order valence-electron chi connectivity index (χ3n) is 2.71. The second-order valence-electron chi connectivity index (χ2n) is 3.94. The van der Waals surface area contributed by atoms with Gasteiger partial charge in [0.1, 0.15) is 0 Å². The summed E-state index contributed by atoms with van der Waals surface area (Å²) in [5.41, 5.74) is 0. The number of carbonyl (C=O) groups is 1. The number of halogens is 1. The van der Waals surface area contributed by atoms with Crippen molar-refractivity contribution in [3.05, 3.63) is 0 Å². The summed E-state index contributed by atoms with van der Waals surface area (Å²) >= 11 is 0. The Kier molecular flexibility index (Phi) is 6.13. The zero-order chi connectivity index (χ0) is 8.97. The number of amides is 1. The van der Waals surface area contributed by atoms with Gasteiger partial charge in [-0.2, -0.15) is 0 Å². The standard InChI is InChI=1S/C10H19NO.ClH/c1-9(2)11(8-12)10-6-4-3-5-7-10;/h8-10H,3-7H2,1-2H3;1H/p-1. The zero-order valence-corrected chi connectivity index (χ0v) is 9.26. The van der Waals surface area contributed by atoms with Crippen LogP contribution in [0.4, 0.5) is 0 Å². The molecule has 78 valence electrons. The van der Waals surface area contributed by atoms with Crippen LogP contribution in [0.15, 0.2) is 0 Å². The van der Waals surface area contributed by atoms with Crippen molar-refractivity contribution in [3.8, 4) is 0 Å². The van der Waals surface area contributed by atoms with Crippen LogP contribution >= 0.6 is 0 Å². The van der Waals surface area contributed by atoms with Gasteiger partial charge in [0.15, 0.2) is 0 Å². The lowest BCUT2D eigenvalue weighted by Crippen LogP contribution is -3.00. The maximum Gasteiger partial charge on any atom is 0.210 e. The summed E-state index contributed by atoms with van der Waals surface area (Å²) in [5, 5.41) is 0. The third kappa shape index (κ3) is 3.55. The van der Waals surface area contributed by atoms with Crippen LogP contribution in [0.2, 0.25) is 0 Å². The van der Waals surface area contributed by atoms with Gasteiger partial charge in [0.2, 0.25) is 6.41 Å². The first-order valence-corrected chi connectivity index (χ1v) is 4.98. The molecule has 1 amide bonds. The van der Waals surface area contributed by atoms with Crippen LogP contribution in [0.1, 0.15) is 46.0 Å². The smallest absolute Gasteiger partial charge is 0.210 e. The van der Waals surface area contributed by atoms with Crippen LogP contribution in [0.25, 0.3) is 0 Å². The highest BCUT2D eigenvalue weighted by atomic mass is 35.5. The molecule has 0 aromatic rings. The topological polar surface area (TPSA) is 20.3 Å². The molecule has 1 saturated carbocycles. The number of carbonyl (C=O) groups excluding carboxylic acids is 1. The molecule has 0 aromatic carbocycles. The molecule has 0 bridgehead atoms. The highest BCUT2D eigenvalue weighted by Gasteiger charge is 2.21. The van der Waals surface area contributed by atoms with Crippen LogP contribution < -0.4 is 12.4 Å². The molecular weight excluding hydrogens is 186 g/mol. The van der Waals surface area contributed by atoms with E-state index in [0.717, 1.165) is 6.41 Å². The van der Waals surface area contributed by atoms with Crippen molar-refractivity contribution in [2.45, 2.75) is 58.0 Å². The Morgan fingerprint density at radius 2 is 1.77 bits per heavy atom. The number of nitrogens with zero attached hydrogens (tertiary/aromatic N) is 1. The molecule has 0 atom stereocenters. The number of rotatable bonds is 3. The molecule has 13 heavy (non-hydrogen) atoms. The van der Waals surface area contributed by atoms with Crippen molar-refractivity contribution in [1.29, 1.82) is 0 Å². The predicted molar refractivity (Wildman–Crippen MR) is 49.9 cm³/mol. The van der Waals surface area contributed by atoms with Crippen LogP contribution in [0.3, 0.4) is 0 Å². The number of hydrogen-bond donors (Lipinski definition) is 0. The van der Waals surface area contributed by atoms with E-state index in [0.29, 0.717) is 12.1 Å². The van der Waals surface area contributed by atoms with Crippen molar-refractivity contribution in [1.82, 2.24) is 4.90 Å². The molecule has 0 unspecified atom stereocenters. The summed E-state index contributed by atoms with van der Waals surface area (Å²) in [6, 6.07) is 0.891. The maximum absolute atomic E-state index is 10.8. The second kappa shape index (κ2) is 6.25. The van der Waals surface area contributed by atoms with Gasteiger partial charge in [-0.05, 0) is 26.7 Å². The first kappa shape index (κ1) is 12.8. The van der Waals surface area contributed by atoms with Crippen LogP contribution in [-0.4, -0.2) is 23.4 Å². The van der Waals surface area contributed by atoms with Crippen LogP contribution in [0, 0.1) is 0 Å². The monoisotopic (exact) mass is 204 g/mol. The van der Waals surface area contributed by atoms with Crippen molar-refractivity contribution in [2.75, 3.05) is 0 Å². The largest absolute Gasteiger partial charge is 1.00 e. The molecule has 0 aliphatic heterocycles. The average Bonchev–Trinajstić information content (AvgIpc) is 2.07. The van der Waals surface area contributed by atoms with Crippen molar-refractivity contribution in [2.24, 2.45) is 0 Å². The molecule has 2 nitrogen and oxygen atoms in total. The Morgan fingerprint density at radius 1 is 1.23 bits per heavy atom. The Hall–Kier alpha value is -0.240. The lowest BCUT2D eigenvalue weighted by Gasteiger charge is -2.34. The SMILES string of the molecule is CC(C)N(C=O)C1CCCCC1.[Cl-]. The van der Waals surface area contributed by atoms with Gasteiger partial charge in [-0.15, -0.1) is 0 Å². The minimum absolute atomic E-state index is 0. The molecule has 3 heteroatoms. The molecule has 0 N–H and O–H groups in total. The lowest BCUT2D eigenvalue weighted by molar-refractivity contribution is -0.122. The van der Waals surface area contributed by atoms with E-state index in [4.69, 9.17) is 0 Å². The fourth-order valence-corrected chi connectivity index (χ4v) is 2.01. The molecule has 1 aliphatic carbocycles. The minimum atomic E-state index is 0. The van der Waals surface area contributed by atoms with Crippen molar-refractivity contribution >= 4 is 6.41 Å². The van der Waals surface area contributed by atoms with E-state index < -0.39 is 0 Å². The van der Waals surface area contributed by atoms with E-state index in [1.54, 1.807) is 0 Å². The number of hydrogen-bond acceptors (Lipinski definition) is 1. The molecule has 1 aliphatic rings. The normalized spacial score (nSPS) is 18.1. The predicted octanol–water partition coefficient (Wildman–Crippen LogP) is -0.810. The fraction of sp³-hybridized carbons (Fsp3) is 0.900. The Labute approximate surface area is 87.1 Å². The van der Waals surface area contributed by atoms with E-state index in [2.05, 4.69) is 13.8 Å². The fourth-order valence-electron chi connectivity index (χ4n) is 2.01. The molecular formula is C10H19ClNO-. The Bertz CT molecular complexity index is 144. The van der Waals surface area contributed by atoms with E-state index in [1.807, 2.05) is 4.90 Å².